The van der Waals surface area contributed by atoms with Crippen LogP contribution in [-0.2, 0) is 11.3 Å². The van der Waals surface area contributed by atoms with E-state index in [2.05, 4.69) is 23.3 Å². The zero-order chi connectivity index (χ0) is 20.3. The minimum absolute atomic E-state index is 0.131. The van der Waals surface area contributed by atoms with Crippen LogP contribution in [0.5, 0.6) is 5.75 Å². The van der Waals surface area contributed by atoms with Crippen molar-refractivity contribution in [1.82, 2.24) is 14.9 Å². The quantitative estimate of drug-likeness (QED) is 0.701. The zero-order valence-electron chi connectivity index (χ0n) is 17.1. The van der Waals surface area contributed by atoms with Crippen LogP contribution in [0.3, 0.4) is 0 Å². The summed E-state index contributed by atoms with van der Waals surface area (Å²) in [7, 11) is 0. The Kier molecular flexibility index (Phi) is 5.83. The maximum Gasteiger partial charge on any atom is 0.261 e. The Labute approximate surface area is 166 Å². The number of nitrogens with one attached hydrogen (secondary N) is 1. The summed E-state index contributed by atoms with van der Waals surface area (Å²) >= 11 is 0. The molecule has 5 heteroatoms. The fourth-order valence-corrected chi connectivity index (χ4v) is 3.13. The van der Waals surface area contributed by atoms with Crippen molar-refractivity contribution in [3.63, 3.8) is 0 Å². The molecule has 0 radical (unpaired) electrons. The lowest BCUT2D eigenvalue weighted by Gasteiger charge is -2.18. The van der Waals surface area contributed by atoms with Crippen LogP contribution in [0.1, 0.15) is 35.0 Å². The third-order valence-electron chi connectivity index (χ3n) is 4.94. The molecule has 1 aromatic heterocycles. The van der Waals surface area contributed by atoms with Crippen LogP contribution in [0.15, 0.2) is 48.8 Å². The number of amides is 1. The molecule has 3 rings (SSSR count). The van der Waals surface area contributed by atoms with Gasteiger partial charge in [0.2, 0.25) is 0 Å². The maximum absolute atomic E-state index is 12.5. The first kappa shape index (κ1) is 19.7. The summed E-state index contributed by atoms with van der Waals surface area (Å²) in [5.74, 6) is 1.57. The Hall–Kier alpha value is -3.08. The molecule has 1 heterocycles. The average Bonchev–Trinajstić information content (AvgIpc) is 3.10. The maximum atomic E-state index is 12.5. The van der Waals surface area contributed by atoms with Crippen molar-refractivity contribution in [3.05, 3.63) is 76.9 Å². The van der Waals surface area contributed by atoms with Crippen LogP contribution in [0.2, 0.25) is 0 Å². The normalized spacial score (nSPS) is 11.9. The first-order valence-corrected chi connectivity index (χ1v) is 9.46. The van der Waals surface area contributed by atoms with Crippen LogP contribution < -0.4 is 10.1 Å². The number of rotatable bonds is 6. The predicted molar refractivity (Wildman–Crippen MR) is 111 cm³/mol. The lowest BCUT2D eigenvalue weighted by atomic mass is 10.1. The topological polar surface area (TPSA) is 56.1 Å². The highest BCUT2D eigenvalue weighted by Gasteiger charge is 2.16. The first-order chi connectivity index (χ1) is 13.3. The molecule has 0 aliphatic rings. The fourth-order valence-electron chi connectivity index (χ4n) is 3.13. The van der Waals surface area contributed by atoms with Gasteiger partial charge >= 0.3 is 0 Å². The van der Waals surface area contributed by atoms with Crippen LogP contribution in [0, 0.1) is 27.7 Å². The molecule has 0 aliphatic heterocycles. The lowest BCUT2D eigenvalue weighted by Crippen LogP contribution is -2.36. The number of carbonyl (C=O) groups is 1. The smallest absolute Gasteiger partial charge is 0.261 e. The number of hydrogen-bond acceptors (Lipinski definition) is 3. The molecule has 2 aromatic carbocycles. The highest BCUT2D eigenvalue weighted by Crippen LogP contribution is 2.24. The van der Waals surface area contributed by atoms with Gasteiger partial charge in [-0.15, -0.1) is 0 Å². The van der Waals surface area contributed by atoms with Crippen molar-refractivity contribution in [2.45, 2.75) is 47.3 Å². The molecule has 1 atom stereocenters. The Morgan fingerprint density at radius 3 is 2.50 bits per heavy atom. The molecule has 0 saturated heterocycles. The number of benzene rings is 2. The highest BCUT2D eigenvalue weighted by molar-refractivity contribution is 5.80. The third kappa shape index (κ3) is 4.42. The van der Waals surface area contributed by atoms with Crippen molar-refractivity contribution >= 4 is 5.91 Å². The number of ether oxygens (including phenoxy) is 1. The van der Waals surface area contributed by atoms with E-state index in [1.807, 2.05) is 61.9 Å². The van der Waals surface area contributed by atoms with E-state index in [-0.39, 0.29) is 5.91 Å². The molecule has 3 aromatic rings. The number of carbonyl (C=O) groups excluding carboxylic acids is 1. The summed E-state index contributed by atoms with van der Waals surface area (Å²) in [5, 5.41) is 2.95. The van der Waals surface area contributed by atoms with Crippen LogP contribution in [0.25, 0.3) is 5.69 Å². The molecule has 0 bridgehead atoms. The number of imidazole rings is 1. The Bertz CT molecular complexity index is 974. The number of hydrogen-bond donors (Lipinski definition) is 1. The second kappa shape index (κ2) is 8.30. The number of aromatic nitrogens is 2. The van der Waals surface area contributed by atoms with Crippen molar-refractivity contribution < 1.29 is 9.53 Å². The fraction of sp³-hybridized carbons (Fsp3) is 0.304. The van der Waals surface area contributed by atoms with Gasteiger partial charge in [-0.25, -0.2) is 4.98 Å². The minimum Gasteiger partial charge on any atom is -0.481 e. The van der Waals surface area contributed by atoms with Crippen molar-refractivity contribution in [3.8, 4) is 11.4 Å². The minimum atomic E-state index is -0.562. The molecule has 0 fully saturated rings. The van der Waals surface area contributed by atoms with E-state index in [1.165, 1.54) is 0 Å². The summed E-state index contributed by atoms with van der Waals surface area (Å²) in [6, 6.07) is 12.2. The molecule has 28 heavy (non-hydrogen) atoms. The standard InChI is InChI=1S/C23H27N3O2/c1-15-12-16(2)17(3)22(13-15)28-18(4)23(27)25-14-20-6-8-21(9-7-20)26-11-10-24-19(26)5/h6-13,18H,14H2,1-5H3,(H,25,27)/t18-/m1/s1. The van der Waals surface area contributed by atoms with Crippen molar-refractivity contribution in [2.75, 3.05) is 0 Å². The van der Waals surface area contributed by atoms with Gasteiger partial charge in [0.1, 0.15) is 11.6 Å². The number of nitrogens with zero attached hydrogens (tertiary/aromatic N) is 2. The van der Waals surface area contributed by atoms with E-state index in [0.717, 1.165) is 39.5 Å². The molecular formula is C23H27N3O2. The molecular weight excluding hydrogens is 350 g/mol. The Morgan fingerprint density at radius 1 is 1.14 bits per heavy atom. The SMILES string of the molecule is Cc1cc(C)c(C)c(O[C@H](C)C(=O)NCc2ccc(-n3ccnc3C)cc2)c1. The van der Waals surface area contributed by atoms with Gasteiger partial charge in [0.05, 0.1) is 0 Å². The van der Waals surface area contributed by atoms with Crippen molar-refractivity contribution in [2.24, 2.45) is 0 Å². The van der Waals surface area contributed by atoms with Crippen LogP contribution in [-0.4, -0.2) is 21.6 Å². The largest absolute Gasteiger partial charge is 0.481 e. The Morgan fingerprint density at radius 2 is 1.86 bits per heavy atom. The van der Waals surface area contributed by atoms with Gasteiger partial charge in [0, 0.05) is 24.6 Å². The monoisotopic (exact) mass is 377 g/mol. The summed E-state index contributed by atoms with van der Waals surface area (Å²) in [4.78, 5) is 16.7. The molecule has 0 aliphatic carbocycles. The van der Waals surface area contributed by atoms with Gasteiger partial charge in [0.25, 0.3) is 5.91 Å². The van der Waals surface area contributed by atoms with Gasteiger partial charge in [-0.3, -0.25) is 4.79 Å². The zero-order valence-corrected chi connectivity index (χ0v) is 17.1. The predicted octanol–water partition coefficient (Wildman–Crippen LogP) is 4.19. The van der Waals surface area contributed by atoms with E-state index < -0.39 is 6.10 Å². The van der Waals surface area contributed by atoms with E-state index in [9.17, 15) is 4.79 Å². The summed E-state index contributed by atoms with van der Waals surface area (Å²) in [5.41, 5.74) is 5.43. The molecule has 146 valence electrons. The van der Waals surface area contributed by atoms with Gasteiger partial charge in [0.15, 0.2) is 6.10 Å². The summed E-state index contributed by atoms with van der Waals surface area (Å²) in [6.45, 7) is 10.3. The van der Waals surface area contributed by atoms with E-state index in [0.29, 0.717) is 6.54 Å². The summed E-state index contributed by atoms with van der Waals surface area (Å²) < 4.78 is 7.93. The number of aryl methyl sites for hydroxylation is 3. The third-order valence-corrected chi connectivity index (χ3v) is 4.94. The highest BCUT2D eigenvalue weighted by atomic mass is 16.5. The van der Waals surface area contributed by atoms with Gasteiger partial charge < -0.3 is 14.6 Å². The average molecular weight is 377 g/mol. The lowest BCUT2D eigenvalue weighted by molar-refractivity contribution is -0.127. The second-order valence-corrected chi connectivity index (χ2v) is 7.19. The molecule has 1 N–H and O–H groups in total. The molecule has 0 saturated carbocycles. The molecule has 0 spiro atoms. The summed E-state index contributed by atoms with van der Waals surface area (Å²) in [6.07, 6.45) is 3.15. The van der Waals surface area contributed by atoms with E-state index in [4.69, 9.17) is 4.74 Å². The second-order valence-electron chi connectivity index (χ2n) is 7.19. The van der Waals surface area contributed by atoms with Crippen LogP contribution >= 0.6 is 0 Å². The van der Waals surface area contributed by atoms with E-state index in [1.54, 1.807) is 13.1 Å². The Balaban J connectivity index is 1.58. The molecule has 5 nitrogen and oxygen atoms in total. The molecule has 1 amide bonds. The first-order valence-electron chi connectivity index (χ1n) is 9.46. The van der Waals surface area contributed by atoms with Gasteiger partial charge in [-0.1, -0.05) is 18.2 Å². The molecule has 0 unspecified atom stereocenters. The van der Waals surface area contributed by atoms with Crippen molar-refractivity contribution in [1.29, 1.82) is 0 Å². The van der Waals surface area contributed by atoms with Crippen LogP contribution in [0.4, 0.5) is 0 Å². The van der Waals surface area contributed by atoms with Gasteiger partial charge in [-0.05, 0) is 75.1 Å². The van der Waals surface area contributed by atoms with Gasteiger partial charge in [-0.2, -0.15) is 0 Å². The van der Waals surface area contributed by atoms with E-state index >= 15 is 0 Å².